The van der Waals surface area contributed by atoms with Crippen molar-refractivity contribution in [2.45, 2.75) is 13.3 Å². The van der Waals surface area contributed by atoms with Crippen LogP contribution in [0.25, 0.3) is 0 Å². The Labute approximate surface area is 75.8 Å². The average Bonchev–Trinajstić information content (AvgIpc) is 2.03. The molecule has 0 saturated heterocycles. The standard InChI is InChI=1S/C8H11NO2S/c1-7(10)2-3-9-4-5-12-6-8(9)11/h4-5H,2-3,6H2,1H3. The Morgan fingerprint density at radius 2 is 2.50 bits per heavy atom. The van der Waals surface area contributed by atoms with Crippen LogP contribution in [0, 0.1) is 0 Å². The normalized spacial score (nSPS) is 16.8. The van der Waals surface area contributed by atoms with Crippen molar-refractivity contribution in [2.24, 2.45) is 0 Å². The quantitative estimate of drug-likeness (QED) is 0.658. The van der Waals surface area contributed by atoms with E-state index in [1.807, 2.05) is 5.41 Å². The van der Waals surface area contributed by atoms with Crippen molar-refractivity contribution in [1.29, 1.82) is 0 Å². The van der Waals surface area contributed by atoms with Gasteiger partial charge in [0.25, 0.3) is 0 Å². The molecule has 3 nitrogen and oxygen atoms in total. The van der Waals surface area contributed by atoms with Gasteiger partial charge in [-0.25, -0.2) is 0 Å². The van der Waals surface area contributed by atoms with Crippen LogP contribution in [-0.4, -0.2) is 28.9 Å². The van der Waals surface area contributed by atoms with Gasteiger partial charge in [-0.3, -0.25) is 9.59 Å². The van der Waals surface area contributed by atoms with Crippen LogP contribution in [0.5, 0.6) is 0 Å². The third-order valence-electron chi connectivity index (χ3n) is 1.57. The van der Waals surface area contributed by atoms with Gasteiger partial charge >= 0.3 is 0 Å². The summed E-state index contributed by atoms with van der Waals surface area (Å²) in [4.78, 5) is 23.4. The first-order chi connectivity index (χ1) is 5.70. The van der Waals surface area contributed by atoms with E-state index in [-0.39, 0.29) is 11.7 Å². The molecule has 0 aromatic heterocycles. The predicted molar refractivity (Wildman–Crippen MR) is 48.6 cm³/mol. The third kappa shape index (κ3) is 2.70. The maximum absolute atomic E-state index is 11.1. The van der Waals surface area contributed by atoms with Crippen molar-refractivity contribution in [3.05, 3.63) is 11.6 Å². The largest absolute Gasteiger partial charge is 0.317 e. The van der Waals surface area contributed by atoms with E-state index in [2.05, 4.69) is 0 Å². The maximum Gasteiger partial charge on any atom is 0.236 e. The Kier molecular flexibility index (Phi) is 3.34. The molecule has 1 aliphatic rings. The summed E-state index contributed by atoms with van der Waals surface area (Å²) in [7, 11) is 0. The molecular weight excluding hydrogens is 174 g/mol. The van der Waals surface area contributed by atoms with E-state index in [4.69, 9.17) is 0 Å². The highest BCUT2D eigenvalue weighted by atomic mass is 32.2. The van der Waals surface area contributed by atoms with Gasteiger partial charge in [0.2, 0.25) is 5.91 Å². The lowest BCUT2D eigenvalue weighted by molar-refractivity contribution is -0.126. The second-order valence-corrected chi connectivity index (χ2v) is 3.53. The highest BCUT2D eigenvalue weighted by molar-refractivity contribution is 8.02. The molecule has 1 amide bonds. The zero-order valence-electron chi connectivity index (χ0n) is 6.95. The zero-order chi connectivity index (χ0) is 8.97. The van der Waals surface area contributed by atoms with Gasteiger partial charge in [0, 0.05) is 19.2 Å². The van der Waals surface area contributed by atoms with Crippen molar-refractivity contribution in [3.8, 4) is 0 Å². The highest BCUT2D eigenvalue weighted by Crippen LogP contribution is 2.12. The molecule has 1 rings (SSSR count). The van der Waals surface area contributed by atoms with Gasteiger partial charge < -0.3 is 4.90 Å². The number of hydrogen-bond acceptors (Lipinski definition) is 3. The fourth-order valence-corrected chi connectivity index (χ4v) is 1.52. The molecule has 1 heterocycles. The van der Waals surface area contributed by atoms with Crippen LogP contribution in [0.4, 0.5) is 0 Å². The summed E-state index contributed by atoms with van der Waals surface area (Å²) in [6.45, 7) is 2.05. The molecule has 0 atom stereocenters. The van der Waals surface area contributed by atoms with Crippen molar-refractivity contribution < 1.29 is 9.59 Å². The molecule has 4 heteroatoms. The first-order valence-electron chi connectivity index (χ1n) is 3.77. The molecule has 0 aromatic carbocycles. The summed E-state index contributed by atoms with van der Waals surface area (Å²) in [6, 6.07) is 0. The van der Waals surface area contributed by atoms with Crippen LogP contribution in [0.1, 0.15) is 13.3 Å². The average molecular weight is 185 g/mol. The third-order valence-corrected chi connectivity index (χ3v) is 2.30. The monoisotopic (exact) mass is 185 g/mol. The summed E-state index contributed by atoms with van der Waals surface area (Å²) < 4.78 is 0. The summed E-state index contributed by atoms with van der Waals surface area (Å²) in [5.74, 6) is 0.701. The second-order valence-electron chi connectivity index (χ2n) is 2.64. The van der Waals surface area contributed by atoms with Gasteiger partial charge in [-0.2, -0.15) is 0 Å². The lowest BCUT2D eigenvalue weighted by atomic mass is 10.3. The molecule has 0 unspecified atom stereocenters. The van der Waals surface area contributed by atoms with Crippen molar-refractivity contribution in [3.63, 3.8) is 0 Å². The molecular formula is C8H11NO2S. The molecule has 0 spiro atoms. The molecule has 0 aliphatic carbocycles. The number of nitrogens with zero attached hydrogens (tertiary/aromatic N) is 1. The summed E-state index contributed by atoms with van der Waals surface area (Å²) >= 11 is 1.48. The minimum atomic E-state index is 0.0868. The Bertz CT molecular complexity index is 225. The van der Waals surface area contributed by atoms with Gasteiger partial charge in [-0.05, 0) is 12.3 Å². The number of carbonyl (C=O) groups is 2. The summed E-state index contributed by atoms with van der Waals surface area (Å²) in [5, 5.41) is 1.88. The fraction of sp³-hybridized carbons (Fsp3) is 0.500. The van der Waals surface area contributed by atoms with Crippen molar-refractivity contribution >= 4 is 23.5 Å². The summed E-state index contributed by atoms with van der Waals surface area (Å²) in [6.07, 6.45) is 2.18. The number of Topliss-reactive ketones (excluding diaryl/α,β-unsaturated/α-hetero) is 1. The fourth-order valence-electron chi connectivity index (χ4n) is 0.879. The van der Waals surface area contributed by atoms with Gasteiger partial charge in [0.05, 0.1) is 5.75 Å². The first-order valence-corrected chi connectivity index (χ1v) is 4.82. The summed E-state index contributed by atoms with van der Waals surface area (Å²) in [5.41, 5.74) is 0. The lowest BCUT2D eigenvalue weighted by Gasteiger charge is -2.19. The van der Waals surface area contributed by atoms with Gasteiger partial charge in [-0.1, -0.05) is 0 Å². The number of hydrogen-bond donors (Lipinski definition) is 0. The van der Waals surface area contributed by atoms with Gasteiger partial charge in [-0.15, -0.1) is 11.8 Å². The number of thioether (sulfide) groups is 1. The van der Waals surface area contributed by atoms with Crippen LogP contribution in [0.3, 0.4) is 0 Å². The molecule has 0 saturated carbocycles. The van der Waals surface area contributed by atoms with Crippen LogP contribution in [0.2, 0.25) is 0 Å². The van der Waals surface area contributed by atoms with Crippen LogP contribution < -0.4 is 0 Å². The lowest BCUT2D eigenvalue weighted by Crippen LogP contribution is -2.30. The number of carbonyl (C=O) groups excluding carboxylic acids is 2. The number of ketones is 1. The van der Waals surface area contributed by atoms with Gasteiger partial charge in [0.1, 0.15) is 5.78 Å². The molecule has 66 valence electrons. The molecule has 0 fully saturated rings. The van der Waals surface area contributed by atoms with Crippen molar-refractivity contribution in [1.82, 2.24) is 4.90 Å². The van der Waals surface area contributed by atoms with Crippen LogP contribution in [0.15, 0.2) is 11.6 Å². The molecule has 0 aromatic rings. The van der Waals surface area contributed by atoms with Crippen LogP contribution in [-0.2, 0) is 9.59 Å². The van der Waals surface area contributed by atoms with Crippen molar-refractivity contribution in [2.75, 3.05) is 12.3 Å². The molecule has 12 heavy (non-hydrogen) atoms. The van der Waals surface area contributed by atoms with E-state index in [0.29, 0.717) is 18.7 Å². The van der Waals surface area contributed by atoms with E-state index in [0.717, 1.165) is 0 Å². The van der Waals surface area contributed by atoms with E-state index in [1.165, 1.54) is 18.7 Å². The molecule has 0 N–H and O–H groups in total. The van der Waals surface area contributed by atoms with E-state index >= 15 is 0 Å². The SMILES string of the molecule is CC(=O)CCN1C=CSCC1=O. The van der Waals surface area contributed by atoms with E-state index in [9.17, 15) is 9.59 Å². The minimum absolute atomic E-state index is 0.0868. The Balaban J connectivity index is 2.39. The predicted octanol–water partition coefficient (Wildman–Crippen LogP) is 1.01. The first kappa shape index (κ1) is 9.32. The second kappa shape index (κ2) is 4.30. The Morgan fingerprint density at radius 3 is 3.08 bits per heavy atom. The van der Waals surface area contributed by atoms with E-state index < -0.39 is 0 Å². The Hall–Kier alpha value is -0.770. The zero-order valence-corrected chi connectivity index (χ0v) is 7.76. The molecule has 0 bridgehead atoms. The minimum Gasteiger partial charge on any atom is -0.317 e. The van der Waals surface area contributed by atoms with Crippen LogP contribution >= 0.6 is 11.8 Å². The number of amides is 1. The van der Waals surface area contributed by atoms with E-state index in [1.54, 1.807) is 11.1 Å². The maximum atomic E-state index is 11.1. The topological polar surface area (TPSA) is 37.4 Å². The molecule has 1 aliphatic heterocycles. The smallest absolute Gasteiger partial charge is 0.236 e. The Morgan fingerprint density at radius 1 is 1.75 bits per heavy atom. The van der Waals surface area contributed by atoms with Gasteiger partial charge in [0.15, 0.2) is 0 Å². The number of rotatable bonds is 3. The highest BCUT2D eigenvalue weighted by Gasteiger charge is 2.13. The molecule has 0 radical (unpaired) electrons.